The van der Waals surface area contributed by atoms with Crippen LogP contribution in [0.15, 0.2) is 18.2 Å². The van der Waals surface area contributed by atoms with Gasteiger partial charge in [0.25, 0.3) is 0 Å². The van der Waals surface area contributed by atoms with Gasteiger partial charge in [-0.3, -0.25) is 9.59 Å². The van der Waals surface area contributed by atoms with Gasteiger partial charge in [-0.2, -0.15) is 0 Å². The molecule has 1 aromatic carbocycles. The fourth-order valence-electron chi connectivity index (χ4n) is 2.38. The highest BCUT2D eigenvalue weighted by atomic mass is 16.2. The number of aryl methyl sites for hydroxylation is 2. The van der Waals surface area contributed by atoms with Crippen LogP contribution < -0.4 is 10.2 Å². The number of anilines is 1. The first-order chi connectivity index (χ1) is 9.97. The van der Waals surface area contributed by atoms with E-state index in [-0.39, 0.29) is 18.4 Å². The van der Waals surface area contributed by atoms with Gasteiger partial charge < -0.3 is 10.2 Å². The van der Waals surface area contributed by atoms with Crippen molar-refractivity contribution >= 4 is 17.5 Å². The number of rotatable bonds is 7. The molecule has 4 heteroatoms. The number of para-hydroxylation sites is 1. The summed E-state index contributed by atoms with van der Waals surface area (Å²) in [4.78, 5) is 25.5. The first-order valence-corrected chi connectivity index (χ1v) is 7.58. The van der Waals surface area contributed by atoms with Gasteiger partial charge >= 0.3 is 0 Å². The number of nitrogens with one attached hydrogen (secondary N) is 1. The molecule has 1 N–H and O–H groups in total. The Morgan fingerprint density at radius 3 is 2.29 bits per heavy atom. The Morgan fingerprint density at radius 2 is 1.76 bits per heavy atom. The molecule has 0 saturated carbocycles. The minimum absolute atomic E-state index is 0.0765. The fourth-order valence-corrected chi connectivity index (χ4v) is 2.38. The molecular formula is C17H26N2O2. The Kier molecular flexibility index (Phi) is 6.92. The van der Waals surface area contributed by atoms with Gasteiger partial charge in [0.05, 0.1) is 5.69 Å². The molecular weight excluding hydrogens is 264 g/mol. The molecule has 21 heavy (non-hydrogen) atoms. The molecule has 0 aliphatic carbocycles. The number of nitrogens with zero attached hydrogens (tertiary/aromatic N) is 1. The molecule has 0 atom stereocenters. The van der Waals surface area contributed by atoms with Crippen molar-refractivity contribution in [3.8, 4) is 0 Å². The normalized spacial score (nSPS) is 10.3. The van der Waals surface area contributed by atoms with Gasteiger partial charge in [0.2, 0.25) is 11.8 Å². The Hall–Kier alpha value is -1.84. The number of hydrogen-bond acceptors (Lipinski definition) is 2. The van der Waals surface area contributed by atoms with Crippen molar-refractivity contribution < 1.29 is 9.59 Å². The zero-order valence-corrected chi connectivity index (χ0v) is 13.5. The van der Waals surface area contributed by atoms with Crippen molar-refractivity contribution in [3.63, 3.8) is 0 Å². The predicted molar refractivity (Wildman–Crippen MR) is 86.5 cm³/mol. The van der Waals surface area contributed by atoms with Gasteiger partial charge in [0.15, 0.2) is 0 Å². The van der Waals surface area contributed by atoms with E-state index in [2.05, 4.69) is 12.2 Å². The van der Waals surface area contributed by atoms with Crippen molar-refractivity contribution in [3.05, 3.63) is 29.3 Å². The SMILES string of the molecule is CCCCCNC(=O)CN(C(C)=O)c1c(C)cccc1C. The van der Waals surface area contributed by atoms with Crippen LogP contribution in [0.1, 0.15) is 44.2 Å². The van der Waals surface area contributed by atoms with E-state index in [0.29, 0.717) is 6.54 Å². The average molecular weight is 290 g/mol. The van der Waals surface area contributed by atoms with Gasteiger partial charge in [-0.25, -0.2) is 0 Å². The summed E-state index contributed by atoms with van der Waals surface area (Å²) in [5, 5.41) is 2.88. The van der Waals surface area contributed by atoms with E-state index in [1.807, 2.05) is 32.0 Å². The highest BCUT2D eigenvalue weighted by molar-refractivity contribution is 5.98. The van der Waals surface area contributed by atoms with Crippen LogP contribution in [-0.4, -0.2) is 24.9 Å². The number of carbonyl (C=O) groups excluding carboxylic acids is 2. The van der Waals surface area contributed by atoms with Crippen LogP contribution in [0.4, 0.5) is 5.69 Å². The number of amides is 2. The van der Waals surface area contributed by atoms with Crippen molar-refractivity contribution in [1.29, 1.82) is 0 Å². The second-order valence-corrected chi connectivity index (χ2v) is 5.40. The second-order valence-electron chi connectivity index (χ2n) is 5.40. The third kappa shape index (κ3) is 5.21. The molecule has 0 aliphatic rings. The van der Waals surface area contributed by atoms with Gasteiger partial charge in [-0.05, 0) is 31.4 Å². The quantitative estimate of drug-likeness (QED) is 0.785. The predicted octanol–water partition coefficient (Wildman–Crippen LogP) is 2.96. The molecule has 116 valence electrons. The summed E-state index contributed by atoms with van der Waals surface area (Å²) < 4.78 is 0. The van der Waals surface area contributed by atoms with E-state index in [9.17, 15) is 9.59 Å². The summed E-state index contributed by atoms with van der Waals surface area (Å²) in [6, 6.07) is 5.87. The third-order valence-corrected chi connectivity index (χ3v) is 3.49. The molecule has 0 bridgehead atoms. The summed E-state index contributed by atoms with van der Waals surface area (Å²) in [5.41, 5.74) is 2.85. The van der Waals surface area contributed by atoms with E-state index >= 15 is 0 Å². The van der Waals surface area contributed by atoms with Crippen molar-refractivity contribution in [1.82, 2.24) is 5.32 Å². The highest BCUT2D eigenvalue weighted by Crippen LogP contribution is 2.24. The molecule has 0 heterocycles. The minimum atomic E-state index is -0.115. The van der Waals surface area contributed by atoms with Crippen molar-refractivity contribution in [2.45, 2.75) is 47.0 Å². The first-order valence-electron chi connectivity index (χ1n) is 7.58. The van der Waals surface area contributed by atoms with E-state index in [0.717, 1.165) is 36.1 Å². The number of unbranched alkanes of at least 4 members (excludes halogenated alkanes) is 2. The van der Waals surface area contributed by atoms with Gasteiger partial charge in [-0.1, -0.05) is 38.0 Å². The van der Waals surface area contributed by atoms with Gasteiger partial charge in [0.1, 0.15) is 6.54 Å². The smallest absolute Gasteiger partial charge is 0.240 e. The van der Waals surface area contributed by atoms with Crippen LogP contribution in [0.3, 0.4) is 0 Å². The second kappa shape index (κ2) is 8.45. The van der Waals surface area contributed by atoms with E-state index in [4.69, 9.17) is 0 Å². The molecule has 1 rings (SSSR count). The zero-order chi connectivity index (χ0) is 15.8. The molecule has 0 radical (unpaired) electrons. The molecule has 4 nitrogen and oxygen atoms in total. The lowest BCUT2D eigenvalue weighted by molar-refractivity contribution is -0.123. The van der Waals surface area contributed by atoms with Gasteiger partial charge in [0, 0.05) is 13.5 Å². The third-order valence-electron chi connectivity index (χ3n) is 3.49. The maximum Gasteiger partial charge on any atom is 0.240 e. The number of hydrogen-bond donors (Lipinski definition) is 1. The molecule has 0 aliphatic heterocycles. The molecule has 0 fully saturated rings. The highest BCUT2D eigenvalue weighted by Gasteiger charge is 2.18. The number of benzene rings is 1. The first kappa shape index (κ1) is 17.2. The maximum absolute atomic E-state index is 12.0. The van der Waals surface area contributed by atoms with Crippen molar-refractivity contribution in [2.24, 2.45) is 0 Å². The van der Waals surface area contributed by atoms with Crippen LogP contribution in [0, 0.1) is 13.8 Å². The zero-order valence-electron chi connectivity index (χ0n) is 13.5. The summed E-state index contributed by atoms with van der Waals surface area (Å²) in [7, 11) is 0. The molecule has 0 spiro atoms. The lowest BCUT2D eigenvalue weighted by Crippen LogP contribution is -2.40. The van der Waals surface area contributed by atoms with E-state index in [1.54, 1.807) is 4.90 Å². The van der Waals surface area contributed by atoms with Crippen LogP contribution >= 0.6 is 0 Å². The summed E-state index contributed by atoms with van der Waals surface area (Å²) in [6.07, 6.45) is 3.21. The van der Waals surface area contributed by atoms with E-state index < -0.39 is 0 Å². The van der Waals surface area contributed by atoms with Crippen LogP contribution in [0.2, 0.25) is 0 Å². The lowest BCUT2D eigenvalue weighted by atomic mass is 10.1. The molecule has 2 amide bonds. The topological polar surface area (TPSA) is 49.4 Å². The lowest BCUT2D eigenvalue weighted by Gasteiger charge is -2.24. The standard InChI is InChI=1S/C17H26N2O2/c1-5-6-7-11-18-16(21)12-19(15(4)20)17-13(2)9-8-10-14(17)3/h8-10H,5-7,11-12H2,1-4H3,(H,18,21). The monoisotopic (exact) mass is 290 g/mol. The Labute approximate surface area is 127 Å². The van der Waals surface area contributed by atoms with Crippen LogP contribution in [0.5, 0.6) is 0 Å². The largest absolute Gasteiger partial charge is 0.355 e. The van der Waals surface area contributed by atoms with Crippen molar-refractivity contribution in [2.75, 3.05) is 18.0 Å². The summed E-state index contributed by atoms with van der Waals surface area (Å²) in [6.45, 7) is 8.28. The fraction of sp³-hybridized carbons (Fsp3) is 0.529. The Balaban J connectivity index is 2.75. The Bertz CT molecular complexity index is 477. The Morgan fingerprint density at radius 1 is 1.14 bits per heavy atom. The van der Waals surface area contributed by atoms with E-state index in [1.165, 1.54) is 6.92 Å². The number of carbonyl (C=O) groups is 2. The summed E-state index contributed by atoms with van der Waals surface area (Å²) >= 11 is 0. The summed E-state index contributed by atoms with van der Waals surface area (Å²) in [5.74, 6) is -0.222. The van der Waals surface area contributed by atoms with Crippen LogP contribution in [-0.2, 0) is 9.59 Å². The average Bonchev–Trinajstić information content (AvgIpc) is 2.42. The maximum atomic E-state index is 12.0. The van der Waals surface area contributed by atoms with Crippen LogP contribution in [0.25, 0.3) is 0 Å². The molecule has 0 unspecified atom stereocenters. The molecule has 1 aromatic rings. The van der Waals surface area contributed by atoms with Gasteiger partial charge in [-0.15, -0.1) is 0 Å². The molecule has 0 aromatic heterocycles. The minimum Gasteiger partial charge on any atom is -0.355 e. The molecule has 0 saturated heterocycles.